The van der Waals surface area contributed by atoms with E-state index in [-0.39, 0.29) is 30.7 Å². The van der Waals surface area contributed by atoms with Gasteiger partial charge in [-0.25, -0.2) is 9.97 Å². The Balaban J connectivity index is 0.946. The Kier molecular flexibility index (Phi) is 10.9. The molecule has 3 aromatic heterocycles. The highest BCUT2D eigenvalue weighted by Gasteiger charge is 2.40. The van der Waals surface area contributed by atoms with Gasteiger partial charge in [0.15, 0.2) is 46.5 Å². The first-order valence-corrected chi connectivity index (χ1v) is 21.3. The normalized spacial score (nSPS) is 16.1. The molecule has 6 aromatic rings. The Labute approximate surface area is 347 Å². The smallest absolute Gasteiger partial charge is 0.271 e. The highest BCUT2D eigenvalue weighted by Crippen LogP contribution is 2.48. The van der Waals surface area contributed by atoms with E-state index in [0.717, 1.165) is 38.6 Å². The van der Waals surface area contributed by atoms with Gasteiger partial charge in [0.05, 0.1) is 17.9 Å². The Morgan fingerprint density at radius 2 is 1.66 bits per heavy atom. The lowest BCUT2D eigenvalue weighted by Crippen LogP contribution is -2.33. The van der Waals surface area contributed by atoms with Crippen molar-refractivity contribution in [2.24, 2.45) is 0 Å². The highest BCUT2D eigenvalue weighted by atomic mass is 32.1. The number of hydrogen-bond donors (Lipinski definition) is 2. The quantitative estimate of drug-likeness (QED) is 0.111. The van der Waals surface area contributed by atoms with Crippen molar-refractivity contribution in [1.29, 1.82) is 0 Å². The number of anilines is 3. The van der Waals surface area contributed by atoms with Crippen molar-refractivity contribution in [2.75, 3.05) is 23.4 Å². The minimum absolute atomic E-state index is 0.224. The number of hydrogen-bond acceptors (Lipinski definition) is 12. The fraction of sp³-hybridized carbons (Fsp3) is 0.279. The fourth-order valence-corrected chi connectivity index (χ4v) is 9.26. The van der Waals surface area contributed by atoms with E-state index in [1.807, 2.05) is 105 Å². The number of nitrogens with one attached hydrogen (secondary N) is 2. The third-order valence-corrected chi connectivity index (χ3v) is 12.1. The van der Waals surface area contributed by atoms with Gasteiger partial charge in [0, 0.05) is 51.6 Å². The van der Waals surface area contributed by atoms with E-state index < -0.39 is 17.1 Å². The summed E-state index contributed by atoms with van der Waals surface area (Å²) in [5.74, 6) is 1.12. The molecular weight excluding hydrogens is 795 g/mol. The molecule has 15 heteroatoms. The van der Waals surface area contributed by atoms with E-state index in [2.05, 4.69) is 20.6 Å². The number of aryl methyl sites for hydroxylation is 1. The van der Waals surface area contributed by atoms with Gasteiger partial charge in [-0.1, -0.05) is 48.5 Å². The molecule has 5 heterocycles. The van der Waals surface area contributed by atoms with Crippen LogP contribution in [0.4, 0.5) is 16.0 Å². The van der Waals surface area contributed by atoms with Crippen LogP contribution in [0.25, 0.3) is 0 Å². The van der Waals surface area contributed by atoms with Gasteiger partial charge in [0.25, 0.3) is 17.7 Å². The molecule has 0 fully saturated rings. The van der Waals surface area contributed by atoms with Gasteiger partial charge in [-0.05, 0) is 57.3 Å². The van der Waals surface area contributed by atoms with Crippen LogP contribution in [0, 0.1) is 6.92 Å². The van der Waals surface area contributed by atoms with Gasteiger partial charge >= 0.3 is 0 Å². The van der Waals surface area contributed by atoms with Gasteiger partial charge in [0.2, 0.25) is 0 Å². The number of fused-ring (bicyclic) bond motifs is 2. The predicted octanol–water partition coefficient (Wildman–Crippen LogP) is 8.31. The lowest BCUT2D eigenvalue weighted by Gasteiger charge is -2.26. The Morgan fingerprint density at radius 1 is 0.828 bits per heavy atom. The summed E-state index contributed by atoms with van der Waals surface area (Å²) in [5.41, 5.74) is 3.33. The van der Waals surface area contributed by atoms with Crippen molar-refractivity contribution >= 4 is 67.7 Å². The lowest BCUT2D eigenvalue weighted by molar-refractivity contribution is -0.120. The van der Waals surface area contributed by atoms with Crippen LogP contribution in [0.2, 0.25) is 0 Å². The van der Waals surface area contributed by atoms with Crippen molar-refractivity contribution in [3.8, 4) is 23.0 Å². The molecule has 2 N–H and O–H groups in total. The molecule has 1 atom stereocenters. The van der Waals surface area contributed by atoms with Gasteiger partial charge in [-0.3, -0.25) is 24.6 Å². The van der Waals surface area contributed by atoms with Crippen molar-refractivity contribution in [3.05, 3.63) is 122 Å². The predicted molar refractivity (Wildman–Crippen MR) is 225 cm³/mol. The summed E-state index contributed by atoms with van der Waals surface area (Å²) in [6.07, 6.45) is 1.68. The number of ether oxygens (including phenoxy) is 4. The summed E-state index contributed by atoms with van der Waals surface area (Å²) in [4.78, 5) is 51.1. The molecule has 1 unspecified atom stereocenters. The second-order valence-electron chi connectivity index (χ2n) is 15.0. The van der Waals surface area contributed by atoms with Crippen LogP contribution in [0.15, 0.2) is 88.9 Å². The topological polar surface area (TPSA) is 141 Å². The SMILES string of the molecule is Cc1csc(N(C(=O)COc2cccc3c2OC(C)(Cc2ccc4c(c2OCC(=O)Nc2nc(C(=O)NCc5cccs5)cs2)OC(C)(C)C4)C3)c2ccccc2)n1. The highest BCUT2D eigenvalue weighted by molar-refractivity contribution is 7.14. The van der Waals surface area contributed by atoms with E-state index in [9.17, 15) is 14.4 Å². The Bertz CT molecular complexity index is 2460. The number of rotatable bonds is 14. The summed E-state index contributed by atoms with van der Waals surface area (Å²) < 4.78 is 25.6. The van der Waals surface area contributed by atoms with Crippen molar-refractivity contribution in [3.63, 3.8) is 0 Å². The molecule has 8 rings (SSSR count). The molecule has 2 aliphatic rings. The Morgan fingerprint density at radius 3 is 2.43 bits per heavy atom. The second kappa shape index (κ2) is 16.2. The van der Waals surface area contributed by atoms with Crippen LogP contribution >= 0.6 is 34.0 Å². The van der Waals surface area contributed by atoms with Crippen molar-refractivity contribution < 1.29 is 33.3 Å². The average Bonchev–Trinajstić information content (AvgIpc) is 4.04. The summed E-state index contributed by atoms with van der Waals surface area (Å²) in [7, 11) is 0. The first kappa shape index (κ1) is 39.1. The van der Waals surface area contributed by atoms with Crippen LogP contribution < -0.4 is 34.5 Å². The van der Waals surface area contributed by atoms with Gasteiger partial charge in [-0.2, -0.15) is 0 Å². The molecule has 58 heavy (non-hydrogen) atoms. The zero-order valence-corrected chi connectivity index (χ0v) is 34.8. The molecule has 0 spiro atoms. The van der Waals surface area contributed by atoms with E-state index in [4.69, 9.17) is 18.9 Å². The molecule has 3 aromatic carbocycles. The van der Waals surface area contributed by atoms with E-state index >= 15 is 0 Å². The zero-order chi connectivity index (χ0) is 40.4. The Hall–Kier alpha value is -5.77. The van der Waals surface area contributed by atoms with Crippen molar-refractivity contribution in [1.82, 2.24) is 15.3 Å². The lowest BCUT2D eigenvalue weighted by atomic mass is 9.90. The largest absolute Gasteiger partial charge is 0.483 e. The molecule has 0 bridgehead atoms. The number of benzene rings is 3. The van der Waals surface area contributed by atoms with Gasteiger partial charge < -0.3 is 24.3 Å². The van der Waals surface area contributed by atoms with Crippen molar-refractivity contribution in [2.45, 2.75) is 64.7 Å². The third-order valence-electron chi connectivity index (χ3n) is 9.55. The summed E-state index contributed by atoms with van der Waals surface area (Å²) in [6, 6.07) is 23.0. The summed E-state index contributed by atoms with van der Waals surface area (Å²) >= 11 is 4.12. The van der Waals surface area contributed by atoms with Crippen LogP contribution in [0.5, 0.6) is 23.0 Å². The van der Waals surface area contributed by atoms with E-state index in [1.165, 1.54) is 11.3 Å². The van der Waals surface area contributed by atoms with Crippen LogP contribution in [-0.4, -0.2) is 52.1 Å². The first-order chi connectivity index (χ1) is 27.9. The molecule has 298 valence electrons. The molecule has 2 aliphatic heterocycles. The number of carbonyl (C=O) groups excluding carboxylic acids is 3. The zero-order valence-electron chi connectivity index (χ0n) is 32.3. The second-order valence-corrected chi connectivity index (χ2v) is 17.7. The van der Waals surface area contributed by atoms with E-state index in [1.54, 1.807) is 27.7 Å². The maximum absolute atomic E-state index is 13.7. The van der Waals surface area contributed by atoms with Crippen LogP contribution in [0.1, 0.15) is 58.5 Å². The third kappa shape index (κ3) is 8.71. The number of thiophene rings is 1. The number of thiazole rings is 2. The first-order valence-electron chi connectivity index (χ1n) is 18.7. The van der Waals surface area contributed by atoms with Crippen LogP contribution in [-0.2, 0) is 35.4 Å². The van der Waals surface area contributed by atoms with Gasteiger partial charge in [-0.15, -0.1) is 34.0 Å². The number of aromatic nitrogens is 2. The number of amides is 3. The molecule has 0 aliphatic carbocycles. The molecular formula is C43H41N5O7S3. The fourth-order valence-electron chi connectivity index (χ4n) is 7.07. The monoisotopic (exact) mass is 835 g/mol. The maximum atomic E-state index is 13.7. The number of carbonyl (C=O) groups is 3. The molecule has 12 nitrogen and oxygen atoms in total. The number of nitrogens with zero attached hydrogens (tertiary/aromatic N) is 3. The molecule has 3 amide bonds. The number of para-hydroxylation sites is 2. The molecule has 0 saturated heterocycles. The summed E-state index contributed by atoms with van der Waals surface area (Å²) in [6.45, 7) is 7.81. The maximum Gasteiger partial charge on any atom is 0.271 e. The minimum Gasteiger partial charge on any atom is -0.483 e. The minimum atomic E-state index is -0.718. The molecule has 0 radical (unpaired) electrons. The summed E-state index contributed by atoms with van der Waals surface area (Å²) in [5, 5.41) is 11.9. The standard InChI is InChI=1S/C43H41N5O7S3/c1-26-24-58-41(45-26)48(30-11-6-5-7-12-30)35(50)23-52-33-14-8-10-27-19-43(4,55-36(27)33)20-29-16-15-28-18-42(2,3)54-38(28)37(29)53-22-34(49)47-40-46-32(25-57-40)39(51)44-21-31-13-9-17-56-31/h5-17,24-25H,18-23H2,1-4H3,(H,44,51)(H,46,47,49). The average molecular weight is 836 g/mol. The van der Waals surface area contributed by atoms with Crippen LogP contribution in [0.3, 0.4) is 0 Å². The van der Waals surface area contributed by atoms with Gasteiger partial charge in [0.1, 0.15) is 16.9 Å². The van der Waals surface area contributed by atoms with E-state index in [0.29, 0.717) is 64.8 Å². The molecule has 0 saturated carbocycles.